The molecule has 2 bridgehead atoms. The highest BCUT2D eigenvalue weighted by Gasteiger charge is 2.45. The molecule has 6 heterocycles. The van der Waals surface area contributed by atoms with Crippen molar-refractivity contribution in [2.24, 2.45) is 5.41 Å². The van der Waals surface area contributed by atoms with Crippen molar-refractivity contribution in [1.29, 1.82) is 0 Å². The molecule has 5 aromatic rings. The maximum Gasteiger partial charge on any atom is 0.410 e. The van der Waals surface area contributed by atoms with Gasteiger partial charge in [0.15, 0.2) is 5.82 Å². The lowest BCUT2D eigenvalue weighted by Crippen LogP contribution is -2.56. The van der Waals surface area contributed by atoms with E-state index < -0.39 is 29.6 Å². The van der Waals surface area contributed by atoms with Crippen molar-refractivity contribution in [3.8, 4) is 35.1 Å². The number of hydrogen-bond donors (Lipinski definition) is 2. The topological polar surface area (TPSA) is 141 Å². The first-order valence-corrected chi connectivity index (χ1v) is 20.7. The van der Waals surface area contributed by atoms with Gasteiger partial charge in [-0.3, -0.25) is 14.8 Å². The molecule has 3 aromatic carbocycles. The summed E-state index contributed by atoms with van der Waals surface area (Å²) in [7, 11) is 1.58. The number of H-pyrrole nitrogens is 1. The average Bonchev–Trinajstić information content (AvgIpc) is 3.84. The Bertz CT molecular complexity index is 2580. The SMILES string of the molecule is C#Cc1c(F)ccc2cc(O)cc(-c3ncc4c(N5CC6CCC(C5)N6C(=O)OCc5ccc(OC)cc5)nc(=O)[nH]c4c3F)c12.CC(C)(C)C=O.C[C@@]12CCCN1C[C@H](F)C2. The van der Waals surface area contributed by atoms with E-state index in [4.69, 9.17) is 15.9 Å². The molecule has 12 nitrogen and oxygen atoms in total. The number of carbonyl (C=O) groups excluding carboxylic acids is 2. The molecule has 62 heavy (non-hydrogen) atoms. The standard InChI is InChI=1S/C34H27F2N5O5.C8H14FN.C5H10O/c1-3-24-27(35)11-6-19-12-22(42)13-25(28(19)24)30-29(36)31-26(14-37-30)32(39-33(43)38-31)40-15-20-7-8-21(16-40)41(20)34(44)46-17-18-4-9-23(45-2)10-5-18;1-8-3-2-4-10(8)6-7(9)5-8;1-5(2,3)4-6/h1,4-6,9-14,20-21,42H,7-8,15-17H2,2H3,(H,38,39,43);7H,2-6H2,1H3;4H,1-3H3/t;7-,8+;/m.1./s1. The predicted molar refractivity (Wildman–Crippen MR) is 231 cm³/mol. The monoisotopic (exact) mass is 852 g/mol. The highest BCUT2D eigenvalue weighted by atomic mass is 19.1. The minimum absolute atomic E-state index is 0.0703. The first kappa shape index (κ1) is 43.9. The van der Waals surface area contributed by atoms with Gasteiger partial charge in [-0.25, -0.2) is 22.8 Å². The van der Waals surface area contributed by atoms with E-state index in [0.29, 0.717) is 30.8 Å². The van der Waals surface area contributed by atoms with Gasteiger partial charge in [-0.1, -0.05) is 44.9 Å². The number of terminal acetylenes is 1. The van der Waals surface area contributed by atoms with Crippen LogP contribution in [0.25, 0.3) is 32.9 Å². The zero-order valence-corrected chi connectivity index (χ0v) is 35.5. The van der Waals surface area contributed by atoms with Gasteiger partial charge in [0.1, 0.15) is 47.9 Å². The van der Waals surface area contributed by atoms with Gasteiger partial charge in [-0.2, -0.15) is 4.98 Å². The van der Waals surface area contributed by atoms with Crippen molar-refractivity contribution in [2.75, 3.05) is 38.2 Å². The number of benzene rings is 3. The number of carbonyl (C=O) groups is 2. The number of fused-ring (bicyclic) bond motifs is 5. The molecule has 2 unspecified atom stereocenters. The summed E-state index contributed by atoms with van der Waals surface area (Å²) in [6.07, 6.45) is 11.6. The lowest BCUT2D eigenvalue weighted by Gasteiger charge is -2.41. The fraction of sp³-hybridized carbons (Fsp3) is 0.426. The third kappa shape index (κ3) is 9.06. The molecule has 1 amide bonds. The predicted octanol–water partition coefficient (Wildman–Crippen LogP) is 7.92. The summed E-state index contributed by atoms with van der Waals surface area (Å²) < 4.78 is 54.6. The number of pyridine rings is 1. The number of nitrogens with one attached hydrogen (secondary N) is 1. The number of phenols is 1. The molecule has 4 fully saturated rings. The number of amides is 1. The summed E-state index contributed by atoms with van der Waals surface area (Å²) in [5.41, 5.74) is -0.263. The number of aromatic amines is 1. The number of hydrogen-bond acceptors (Lipinski definition) is 10. The third-order valence-electron chi connectivity index (χ3n) is 12.0. The summed E-state index contributed by atoms with van der Waals surface area (Å²) in [5, 5.41) is 11.2. The number of aromatic nitrogens is 3. The van der Waals surface area contributed by atoms with Crippen LogP contribution >= 0.6 is 0 Å². The Morgan fingerprint density at radius 3 is 2.42 bits per heavy atom. The molecule has 0 aliphatic carbocycles. The second kappa shape index (κ2) is 17.7. The Hall–Kier alpha value is -6.14. The second-order valence-corrected chi connectivity index (χ2v) is 17.7. The lowest BCUT2D eigenvalue weighted by molar-refractivity contribution is -0.113. The number of anilines is 1. The van der Waals surface area contributed by atoms with E-state index in [1.54, 1.807) is 24.1 Å². The van der Waals surface area contributed by atoms with Crippen LogP contribution in [-0.2, 0) is 16.1 Å². The Balaban J connectivity index is 0.000000302. The zero-order valence-electron chi connectivity index (χ0n) is 35.5. The fourth-order valence-corrected chi connectivity index (χ4v) is 8.97. The highest BCUT2D eigenvalue weighted by molar-refractivity contribution is 6.03. The maximum absolute atomic E-state index is 16.3. The van der Waals surface area contributed by atoms with E-state index in [1.165, 1.54) is 43.3 Å². The van der Waals surface area contributed by atoms with Crippen LogP contribution in [0.2, 0.25) is 0 Å². The number of piperazine rings is 1. The Kier molecular flexibility index (Phi) is 12.5. The van der Waals surface area contributed by atoms with Crippen LogP contribution in [-0.4, -0.2) is 99.3 Å². The van der Waals surface area contributed by atoms with Gasteiger partial charge in [0, 0.05) is 47.7 Å². The van der Waals surface area contributed by atoms with Crippen molar-refractivity contribution >= 4 is 39.9 Å². The van der Waals surface area contributed by atoms with Crippen molar-refractivity contribution in [3.63, 3.8) is 0 Å². The van der Waals surface area contributed by atoms with Crippen molar-refractivity contribution in [1.82, 2.24) is 24.8 Å². The Labute approximate surface area is 358 Å². The van der Waals surface area contributed by atoms with Crippen LogP contribution in [0.4, 0.5) is 23.8 Å². The van der Waals surface area contributed by atoms with E-state index in [1.807, 2.05) is 37.8 Å². The molecule has 2 N–H and O–H groups in total. The number of phenolic OH excluding ortho intramolecular Hbond substituents is 1. The van der Waals surface area contributed by atoms with Gasteiger partial charge in [-0.15, -0.1) is 6.42 Å². The molecular formula is C47H51F3N6O6. The van der Waals surface area contributed by atoms with Crippen molar-refractivity contribution in [2.45, 2.75) is 90.2 Å². The number of halogens is 3. The second-order valence-electron chi connectivity index (χ2n) is 17.7. The Morgan fingerprint density at radius 2 is 1.79 bits per heavy atom. The van der Waals surface area contributed by atoms with Crippen LogP contribution in [0.1, 0.15) is 70.9 Å². The largest absolute Gasteiger partial charge is 0.508 e. The minimum atomic E-state index is -0.888. The number of nitrogens with zero attached hydrogens (tertiary/aromatic N) is 5. The normalized spacial score (nSPS) is 21.7. The van der Waals surface area contributed by atoms with E-state index in [2.05, 4.69) is 32.7 Å². The maximum atomic E-state index is 16.3. The van der Waals surface area contributed by atoms with Gasteiger partial charge >= 0.3 is 11.8 Å². The summed E-state index contributed by atoms with van der Waals surface area (Å²) in [6, 6.07) is 12.1. The molecule has 9 rings (SSSR count). The summed E-state index contributed by atoms with van der Waals surface area (Å²) in [4.78, 5) is 52.7. The van der Waals surface area contributed by atoms with Crippen LogP contribution < -0.4 is 15.3 Å². The van der Waals surface area contributed by atoms with Gasteiger partial charge in [0.05, 0.1) is 35.7 Å². The average molecular weight is 853 g/mol. The fourth-order valence-electron chi connectivity index (χ4n) is 8.97. The summed E-state index contributed by atoms with van der Waals surface area (Å²) in [5.74, 6) is 1.48. The smallest absolute Gasteiger partial charge is 0.410 e. The first-order valence-electron chi connectivity index (χ1n) is 20.7. The third-order valence-corrected chi connectivity index (χ3v) is 12.0. The molecule has 2 aromatic heterocycles. The number of rotatable bonds is 5. The van der Waals surface area contributed by atoms with E-state index in [9.17, 15) is 28.3 Å². The quantitative estimate of drug-likeness (QED) is 0.132. The van der Waals surface area contributed by atoms with Crippen LogP contribution in [0.15, 0.2) is 59.5 Å². The van der Waals surface area contributed by atoms with Crippen LogP contribution in [0.5, 0.6) is 11.5 Å². The lowest BCUT2D eigenvalue weighted by atomic mass is 9.96. The summed E-state index contributed by atoms with van der Waals surface area (Å²) in [6.45, 7) is 10.4. The number of alkyl halides is 1. The van der Waals surface area contributed by atoms with Crippen LogP contribution in [0, 0.1) is 29.4 Å². The minimum Gasteiger partial charge on any atom is -0.508 e. The zero-order chi connectivity index (χ0) is 44.5. The van der Waals surface area contributed by atoms with Gasteiger partial charge in [-0.05, 0) is 86.9 Å². The molecule has 4 aliphatic heterocycles. The van der Waals surface area contributed by atoms with Crippen LogP contribution in [0.3, 0.4) is 0 Å². The number of ether oxygens (including phenoxy) is 2. The van der Waals surface area contributed by atoms with E-state index in [0.717, 1.165) is 37.7 Å². The number of aromatic hydroxyl groups is 1. The molecular weight excluding hydrogens is 802 g/mol. The molecule has 4 saturated heterocycles. The number of aldehydes is 1. The molecule has 4 aliphatic rings. The summed E-state index contributed by atoms with van der Waals surface area (Å²) >= 11 is 0. The number of methoxy groups -OCH3 is 1. The molecule has 0 spiro atoms. The van der Waals surface area contributed by atoms with E-state index >= 15 is 4.39 Å². The highest BCUT2D eigenvalue weighted by Crippen LogP contribution is 2.41. The van der Waals surface area contributed by atoms with Crippen molar-refractivity contribution < 1.29 is 37.3 Å². The Morgan fingerprint density at radius 1 is 1.10 bits per heavy atom. The molecule has 326 valence electrons. The van der Waals surface area contributed by atoms with Crippen molar-refractivity contribution in [3.05, 3.63) is 88.0 Å². The van der Waals surface area contributed by atoms with Gasteiger partial charge in [0.25, 0.3) is 0 Å². The molecule has 4 atom stereocenters. The van der Waals surface area contributed by atoms with Gasteiger partial charge < -0.3 is 29.3 Å². The molecule has 15 heteroatoms. The van der Waals surface area contributed by atoms with Gasteiger partial charge in [0.2, 0.25) is 0 Å². The first-order chi connectivity index (χ1) is 29.5. The van der Waals surface area contributed by atoms with E-state index in [-0.39, 0.29) is 74.3 Å². The molecule has 0 saturated carbocycles. The molecule has 0 radical (unpaired) electrons.